The zero-order valence-electron chi connectivity index (χ0n) is 34.5. The molecule has 0 atom stereocenters. The smallest absolute Gasteiger partial charge is 0.160 e. The van der Waals surface area contributed by atoms with Crippen molar-refractivity contribution in [3.63, 3.8) is 0 Å². The Kier molecular flexibility index (Phi) is 8.76. The molecule has 0 N–H and O–H groups in total. The van der Waals surface area contributed by atoms with Gasteiger partial charge in [0, 0.05) is 16.7 Å². The van der Waals surface area contributed by atoms with Crippen LogP contribution in [0.25, 0.3) is 88.8 Å². The van der Waals surface area contributed by atoms with Crippen molar-refractivity contribution in [2.75, 3.05) is 0 Å². The molecule has 11 aromatic rings. The fraction of sp³-hybridized carbons (Fsp3) is 0.0164. The molecule has 1 aliphatic rings. The average Bonchev–Trinajstić information content (AvgIpc) is 3.66. The first-order valence-corrected chi connectivity index (χ1v) is 21.6. The van der Waals surface area contributed by atoms with Gasteiger partial charge in [-0.3, -0.25) is 0 Å². The lowest BCUT2D eigenvalue weighted by atomic mass is 9.66. The van der Waals surface area contributed by atoms with Crippen LogP contribution in [0.4, 0.5) is 0 Å². The molecule has 1 heterocycles. The molecular formula is C61H40N2. The highest BCUT2D eigenvalue weighted by Gasteiger charge is 2.48. The topological polar surface area (TPSA) is 25.8 Å². The van der Waals surface area contributed by atoms with Crippen molar-refractivity contribution < 1.29 is 0 Å². The molecule has 0 fully saturated rings. The summed E-state index contributed by atoms with van der Waals surface area (Å²) in [4.78, 5) is 10.5. The summed E-state index contributed by atoms with van der Waals surface area (Å²) in [5.74, 6) is 0.695. The number of hydrogen-bond acceptors (Lipinski definition) is 2. The molecule has 0 amide bonds. The van der Waals surface area contributed by atoms with Crippen molar-refractivity contribution in [2.24, 2.45) is 0 Å². The Hall–Kier alpha value is -8.20. The third kappa shape index (κ3) is 6.02. The van der Waals surface area contributed by atoms with E-state index in [1.807, 2.05) is 12.1 Å². The van der Waals surface area contributed by atoms with Crippen molar-refractivity contribution in [1.82, 2.24) is 9.97 Å². The maximum atomic E-state index is 5.36. The van der Waals surface area contributed by atoms with E-state index in [0.29, 0.717) is 5.82 Å². The van der Waals surface area contributed by atoms with E-state index >= 15 is 0 Å². The molecule has 63 heavy (non-hydrogen) atoms. The summed E-state index contributed by atoms with van der Waals surface area (Å²) in [6, 6.07) is 87.9. The largest absolute Gasteiger partial charge is 0.228 e. The molecule has 0 saturated carbocycles. The summed E-state index contributed by atoms with van der Waals surface area (Å²) in [6.45, 7) is 0. The Morgan fingerprint density at radius 2 is 0.762 bits per heavy atom. The van der Waals surface area contributed by atoms with Crippen LogP contribution in [0.2, 0.25) is 0 Å². The highest BCUT2D eigenvalue weighted by Crippen LogP contribution is 2.60. The first-order chi connectivity index (χ1) is 31.2. The van der Waals surface area contributed by atoms with Gasteiger partial charge in [-0.05, 0) is 95.4 Å². The van der Waals surface area contributed by atoms with Crippen molar-refractivity contribution in [1.29, 1.82) is 0 Å². The van der Waals surface area contributed by atoms with Crippen LogP contribution in [-0.2, 0) is 5.41 Å². The number of aromatic nitrogens is 2. The lowest BCUT2D eigenvalue weighted by molar-refractivity contribution is 0.771. The van der Waals surface area contributed by atoms with Crippen LogP contribution in [0.3, 0.4) is 0 Å². The summed E-state index contributed by atoms with van der Waals surface area (Å²) in [5, 5.41) is 4.79. The minimum Gasteiger partial charge on any atom is -0.228 e. The summed E-state index contributed by atoms with van der Waals surface area (Å²) < 4.78 is 0. The van der Waals surface area contributed by atoms with Crippen molar-refractivity contribution >= 4 is 21.5 Å². The molecular weight excluding hydrogens is 761 g/mol. The van der Waals surface area contributed by atoms with Gasteiger partial charge in [-0.15, -0.1) is 0 Å². The molecule has 0 aliphatic heterocycles. The molecule has 0 saturated heterocycles. The van der Waals surface area contributed by atoms with Crippen LogP contribution in [0.15, 0.2) is 243 Å². The van der Waals surface area contributed by atoms with Crippen molar-refractivity contribution in [3.05, 3.63) is 265 Å². The number of benzene rings is 10. The highest BCUT2D eigenvalue weighted by molar-refractivity contribution is 6.07. The molecule has 0 unspecified atom stereocenters. The number of hydrogen-bond donors (Lipinski definition) is 0. The molecule has 0 bridgehead atoms. The van der Waals surface area contributed by atoms with Gasteiger partial charge in [-0.1, -0.05) is 224 Å². The Balaban J connectivity index is 1.09. The van der Waals surface area contributed by atoms with E-state index in [0.717, 1.165) is 39.0 Å². The number of rotatable bonds is 7. The van der Waals surface area contributed by atoms with E-state index in [4.69, 9.17) is 9.97 Å². The number of nitrogens with zero attached hydrogens (tertiary/aromatic N) is 2. The van der Waals surface area contributed by atoms with Gasteiger partial charge in [-0.2, -0.15) is 0 Å². The monoisotopic (exact) mass is 800 g/mol. The summed E-state index contributed by atoms with van der Waals surface area (Å²) in [6.07, 6.45) is 0. The van der Waals surface area contributed by atoms with E-state index in [2.05, 4.69) is 231 Å². The molecule has 1 aromatic heterocycles. The summed E-state index contributed by atoms with van der Waals surface area (Å²) in [7, 11) is 0. The van der Waals surface area contributed by atoms with Gasteiger partial charge in [0.1, 0.15) is 0 Å². The normalized spacial score (nSPS) is 12.6. The molecule has 2 heteroatoms. The van der Waals surface area contributed by atoms with Gasteiger partial charge >= 0.3 is 0 Å². The van der Waals surface area contributed by atoms with Gasteiger partial charge < -0.3 is 0 Å². The minimum absolute atomic E-state index is 0.574. The van der Waals surface area contributed by atoms with Gasteiger partial charge in [-0.25, -0.2) is 9.97 Å². The van der Waals surface area contributed by atoms with E-state index in [1.165, 1.54) is 66.2 Å². The van der Waals surface area contributed by atoms with E-state index in [-0.39, 0.29) is 0 Å². The minimum atomic E-state index is -0.574. The van der Waals surface area contributed by atoms with Gasteiger partial charge in [0.15, 0.2) is 5.82 Å². The average molecular weight is 801 g/mol. The van der Waals surface area contributed by atoms with Crippen LogP contribution < -0.4 is 0 Å². The van der Waals surface area contributed by atoms with Crippen LogP contribution in [-0.4, -0.2) is 9.97 Å². The Morgan fingerprint density at radius 1 is 0.286 bits per heavy atom. The second-order valence-corrected chi connectivity index (χ2v) is 16.4. The van der Waals surface area contributed by atoms with E-state index < -0.39 is 5.41 Å². The van der Waals surface area contributed by atoms with Crippen LogP contribution in [0, 0.1) is 0 Å². The maximum absolute atomic E-state index is 5.36. The first-order valence-electron chi connectivity index (χ1n) is 21.6. The quantitative estimate of drug-likeness (QED) is 0.160. The number of fused-ring (bicyclic) bond motifs is 5. The van der Waals surface area contributed by atoms with Gasteiger partial charge in [0.05, 0.1) is 16.8 Å². The Bertz CT molecular complexity index is 3430. The molecule has 0 radical (unpaired) electrons. The second-order valence-electron chi connectivity index (χ2n) is 16.4. The van der Waals surface area contributed by atoms with Crippen molar-refractivity contribution in [2.45, 2.75) is 5.41 Å². The summed E-state index contributed by atoms with van der Waals surface area (Å²) in [5.41, 5.74) is 16.7. The fourth-order valence-electron chi connectivity index (χ4n) is 10.1. The van der Waals surface area contributed by atoms with Crippen LogP contribution in [0.5, 0.6) is 0 Å². The zero-order chi connectivity index (χ0) is 41.7. The Morgan fingerprint density at radius 3 is 1.41 bits per heavy atom. The highest BCUT2D eigenvalue weighted by atomic mass is 14.9. The molecule has 294 valence electrons. The standard InChI is InChI=1S/C61H40N2/c1-5-18-41(19-6-1)42-32-34-44(35-33-42)60-62-57(43-20-7-2-8-21-43)40-58(63-60)52-37-36-51(49-28-15-16-29-50(49)52)53-30-17-31-54-55-38-45-22-13-14-23-46(45)39-56(55)61(59(53)54,47-24-9-3-10-25-47)48-26-11-4-12-27-48/h1-40H. The molecule has 12 rings (SSSR count). The molecule has 1 aliphatic carbocycles. The molecule has 0 spiro atoms. The third-order valence-electron chi connectivity index (χ3n) is 13.0. The predicted octanol–water partition coefficient (Wildman–Crippen LogP) is 15.5. The lowest BCUT2D eigenvalue weighted by Gasteiger charge is -2.35. The van der Waals surface area contributed by atoms with Crippen LogP contribution >= 0.6 is 0 Å². The molecule has 2 nitrogen and oxygen atoms in total. The second kappa shape index (κ2) is 15.1. The predicted molar refractivity (Wildman–Crippen MR) is 262 cm³/mol. The van der Waals surface area contributed by atoms with Crippen LogP contribution in [0.1, 0.15) is 22.3 Å². The zero-order valence-corrected chi connectivity index (χ0v) is 34.5. The third-order valence-corrected chi connectivity index (χ3v) is 13.0. The first kappa shape index (κ1) is 36.6. The van der Waals surface area contributed by atoms with Gasteiger partial charge in [0.25, 0.3) is 0 Å². The lowest BCUT2D eigenvalue weighted by Crippen LogP contribution is -2.29. The van der Waals surface area contributed by atoms with E-state index in [1.54, 1.807) is 0 Å². The van der Waals surface area contributed by atoms with E-state index in [9.17, 15) is 0 Å². The maximum Gasteiger partial charge on any atom is 0.160 e. The SMILES string of the molecule is c1ccc(-c2ccc(-c3nc(-c4ccccc4)cc(-c4ccc(-c5cccc6c5C(c5ccccc5)(c5ccccc5)c5cc7ccccc7cc5-6)c5ccccc45)n3)cc2)cc1. The van der Waals surface area contributed by atoms with Crippen molar-refractivity contribution in [3.8, 4) is 67.3 Å². The fourth-order valence-corrected chi connectivity index (χ4v) is 10.1. The summed E-state index contributed by atoms with van der Waals surface area (Å²) >= 11 is 0. The Labute approximate surface area is 367 Å². The van der Waals surface area contributed by atoms with Gasteiger partial charge in [0.2, 0.25) is 0 Å². The molecule has 10 aromatic carbocycles.